The Hall–Kier alpha value is -3.69. The first kappa shape index (κ1) is 20.0. The molecule has 170 valence electrons. The Labute approximate surface area is 190 Å². The van der Waals surface area contributed by atoms with E-state index in [1.807, 2.05) is 40.8 Å². The summed E-state index contributed by atoms with van der Waals surface area (Å²) in [4.78, 5) is 26.4. The van der Waals surface area contributed by atoms with Gasteiger partial charge in [-0.1, -0.05) is 0 Å². The minimum Gasteiger partial charge on any atom is -0.480 e. The standard InChI is InChI=1S/C23H26N8O2/c1-12-28-29-19-5-4-14(11-31(12)19)18-8-24-21-20(18)22(33-3)27-23(26-21)25-17-6-15-9-30(13(2)32)10-16(15)7-17/h4-5,8,11,15-17H,6-7,9-10H2,1-3H3,(H2,24,25,26,27)/t15-,16+,17?. The maximum absolute atomic E-state index is 11.7. The van der Waals surface area contributed by atoms with Gasteiger partial charge in [0.2, 0.25) is 17.7 Å². The van der Waals surface area contributed by atoms with Gasteiger partial charge in [-0.3, -0.25) is 9.20 Å². The lowest BCUT2D eigenvalue weighted by Crippen LogP contribution is -2.29. The third-order valence-electron chi connectivity index (χ3n) is 7.11. The van der Waals surface area contributed by atoms with Gasteiger partial charge in [0.15, 0.2) is 5.65 Å². The molecule has 2 N–H and O–H groups in total. The summed E-state index contributed by atoms with van der Waals surface area (Å²) >= 11 is 0. The zero-order valence-electron chi connectivity index (χ0n) is 18.9. The summed E-state index contributed by atoms with van der Waals surface area (Å²) in [7, 11) is 1.63. The first-order valence-electron chi connectivity index (χ1n) is 11.3. The molecule has 1 aliphatic carbocycles. The number of aromatic nitrogens is 6. The lowest BCUT2D eigenvalue weighted by Gasteiger charge is -2.18. The van der Waals surface area contributed by atoms with Gasteiger partial charge in [-0.25, -0.2) is 0 Å². The summed E-state index contributed by atoms with van der Waals surface area (Å²) in [5.41, 5.74) is 3.49. The first-order valence-corrected chi connectivity index (χ1v) is 11.3. The van der Waals surface area contributed by atoms with Gasteiger partial charge in [0.25, 0.3) is 0 Å². The van der Waals surface area contributed by atoms with E-state index in [-0.39, 0.29) is 5.91 Å². The van der Waals surface area contributed by atoms with Gasteiger partial charge < -0.3 is 19.9 Å². The summed E-state index contributed by atoms with van der Waals surface area (Å²) in [6.45, 7) is 5.30. The fourth-order valence-corrected chi connectivity index (χ4v) is 5.46. The normalized spacial score (nSPS) is 22.3. The summed E-state index contributed by atoms with van der Waals surface area (Å²) in [5, 5.41) is 12.6. The molecule has 1 aliphatic heterocycles. The maximum atomic E-state index is 11.7. The zero-order valence-corrected chi connectivity index (χ0v) is 18.9. The SMILES string of the molecule is COc1nc(NC2C[C@@H]3CN(C(C)=O)C[C@@H]3C2)nc2[nH]cc(-c3ccc4nnc(C)n4c3)c12. The number of hydrogen-bond acceptors (Lipinski definition) is 7. The summed E-state index contributed by atoms with van der Waals surface area (Å²) in [6.07, 6.45) is 5.99. The Kier molecular flexibility index (Phi) is 4.49. The number of nitrogens with zero attached hydrogens (tertiary/aromatic N) is 6. The highest BCUT2D eigenvalue weighted by Crippen LogP contribution is 2.40. The van der Waals surface area contributed by atoms with E-state index in [9.17, 15) is 4.79 Å². The molecule has 4 aromatic heterocycles. The van der Waals surface area contributed by atoms with Crippen molar-refractivity contribution in [2.75, 3.05) is 25.5 Å². The number of nitrogens with one attached hydrogen (secondary N) is 2. The van der Waals surface area contributed by atoms with Gasteiger partial charge >= 0.3 is 0 Å². The van der Waals surface area contributed by atoms with Gasteiger partial charge in [0, 0.05) is 49.6 Å². The second-order valence-electron chi connectivity index (χ2n) is 9.13. The van der Waals surface area contributed by atoms with Crippen LogP contribution < -0.4 is 10.1 Å². The van der Waals surface area contributed by atoms with Crippen LogP contribution >= 0.6 is 0 Å². The Morgan fingerprint density at radius 3 is 2.70 bits per heavy atom. The topological polar surface area (TPSA) is 113 Å². The highest BCUT2D eigenvalue weighted by atomic mass is 16.5. The first-order chi connectivity index (χ1) is 16.0. The van der Waals surface area contributed by atoms with Gasteiger partial charge in [0.05, 0.1) is 12.5 Å². The van der Waals surface area contributed by atoms with E-state index in [2.05, 4.69) is 25.5 Å². The Morgan fingerprint density at radius 1 is 1.18 bits per heavy atom. The predicted octanol–water partition coefficient (Wildman–Crippen LogP) is 2.65. The number of hydrogen-bond donors (Lipinski definition) is 2. The van der Waals surface area contributed by atoms with Crippen LogP contribution in [0.1, 0.15) is 25.6 Å². The number of aromatic amines is 1. The maximum Gasteiger partial charge on any atom is 0.228 e. The quantitative estimate of drug-likeness (QED) is 0.495. The van der Waals surface area contributed by atoms with Gasteiger partial charge in [-0.05, 0) is 43.7 Å². The van der Waals surface area contributed by atoms with E-state index >= 15 is 0 Å². The van der Waals surface area contributed by atoms with Crippen LogP contribution in [0.2, 0.25) is 0 Å². The molecule has 3 atom stereocenters. The van der Waals surface area contributed by atoms with Crippen molar-refractivity contribution in [3.05, 3.63) is 30.4 Å². The number of aryl methyl sites for hydroxylation is 1. The third-order valence-corrected chi connectivity index (χ3v) is 7.11. The zero-order chi connectivity index (χ0) is 22.7. The molecule has 10 nitrogen and oxygen atoms in total. The summed E-state index contributed by atoms with van der Waals surface area (Å²) in [6, 6.07) is 4.26. The molecule has 33 heavy (non-hydrogen) atoms. The fourth-order valence-electron chi connectivity index (χ4n) is 5.46. The molecule has 0 bridgehead atoms. The molecule has 1 saturated heterocycles. The van der Waals surface area contributed by atoms with Crippen LogP contribution in [0.15, 0.2) is 24.5 Å². The molecule has 4 aromatic rings. The van der Waals surface area contributed by atoms with Crippen LogP contribution in [0.3, 0.4) is 0 Å². The number of fused-ring (bicyclic) bond motifs is 3. The van der Waals surface area contributed by atoms with Crippen LogP contribution in [0.25, 0.3) is 27.8 Å². The number of rotatable bonds is 4. The second kappa shape index (κ2) is 7.43. The van der Waals surface area contributed by atoms with Crippen molar-refractivity contribution < 1.29 is 9.53 Å². The van der Waals surface area contributed by atoms with Crippen LogP contribution in [0, 0.1) is 18.8 Å². The second-order valence-corrected chi connectivity index (χ2v) is 9.13. The largest absolute Gasteiger partial charge is 0.480 e. The number of carbonyl (C=O) groups is 1. The van der Waals surface area contributed by atoms with Crippen molar-refractivity contribution in [1.29, 1.82) is 0 Å². The molecule has 5 heterocycles. The molecule has 0 aromatic carbocycles. The average molecular weight is 447 g/mol. The number of ether oxygens (including phenoxy) is 1. The molecule has 0 spiro atoms. The van der Waals surface area contributed by atoms with Crippen molar-refractivity contribution in [3.8, 4) is 17.0 Å². The predicted molar refractivity (Wildman–Crippen MR) is 123 cm³/mol. The Morgan fingerprint density at radius 2 is 1.97 bits per heavy atom. The van der Waals surface area contributed by atoms with Gasteiger partial charge in [-0.2, -0.15) is 9.97 Å². The van der Waals surface area contributed by atoms with Crippen molar-refractivity contribution in [3.63, 3.8) is 0 Å². The Bertz CT molecular complexity index is 1360. The van der Waals surface area contributed by atoms with Crippen molar-refractivity contribution >= 4 is 28.5 Å². The molecule has 2 aliphatic rings. The van der Waals surface area contributed by atoms with E-state index in [1.165, 1.54) is 0 Å². The molecule has 6 rings (SSSR count). The number of H-pyrrole nitrogens is 1. The summed E-state index contributed by atoms with van der Waals surface area (Å²) in [5.74, 6) is 3.18. The monoisotopic (exact) mass is 446 g/mol. The smallest absolute Gasteiger partial charge is 0.228 e. The number of anilines is 1. The molecule has 2 fully saturated rings. The highest BCUT2D eigenvalue weighted by molar-refractivity contribution is 5.97. The number of amides is 1. The molecule has 1 amide bonds. The third kappa shape index (κ3) is 3.28. The lowest BCUT2D eigenvalue weighted by atomic mass is 10.0. The van der Waals surface area contributed by atoms with Crippen LogP contribution in [0.4, 0.5) is 5.95 Å². The minimum atomic E-state index is 0.175. The minimum absolute atomic E-state index is 0.175. The average Bonchev–Trinajstić information content (AvgIpc) is 3.56. The molecule has 0 radical (unpaired) electrons. The molecule has 10 heteroatoms. The van der Waals surface area contributed by atoms with Crippen LogP contribution in [0.5, 0.6) is 5.88 Å². The number of carbonyl (C=O) groups excluding carboxylic acids is 1. The molecule has 1 saturated carbocycles. The molecular formula is C23H26N8O2. The van der Waals surface area contributed by atoms with E-state index in [0.29, 0.717) is 29.7 Å². The molecular weight excluding hydrogens is 420 g/mol. The van der Waals surface area contributed by atoms with Gasteiger partial charge in [-0.15, -0.1) is 10.2 Å². The van der Waals surface area contributed by atoms with Gasteiger partial charge in [0.1, 0.15) is 11.5 Å². The van der Waals surface area contributed by atoms with E-state index in [1.54, 1.807) is 14.0 Å². The number of pyridine rings is 1. The van der Waals surface area contributed by atoms with E-state index < -0.39 is 0 Å². The number of likely N-dealkylation sites (tertiary alicyclic amines) is 1. The Balaban J connectivity index is 1.28. The van der Waals surface area contributed by atoms with Crippen LogP contribution in [-0.4, -0.2) is 66.6 Å². The highest BCUT2D eigenvalue weighted by Gasteiger charge is 2.41. The number of methoxy groups -OCH3 is 1. The lowest BCUT2D eigenvalue weighted by molar-refractivity contribution is -0.128. The molecule has 1 unspecified atom stereocenters. The van der Waals surface area contributed by atoms with Crippen molar-refractivity contribution in [1.82, 2.24) is 34.4 Å². The van der Waals surface area contributed by atoms with E-state index in [4.69, 9.17) is 9.72 Å². The van der Waals surface area contributed by atoms with Crippen molar-refractivity contribution in [2.45, 2.75) is 32.7 Å². The summed E-state index contributed by atoms with van der Waals surface area (Å²) < 4.78 is 7.64. The van der Waals surface area contributed by atoms with E-state index in [0.717, 1.165) is 59.6 Å². The van der Waals surface area contributed by atoms with Crippen molar-refractivity contribution in [2.24, 2.45) is 11.8 Å². The fraction of sp³-hybridized carbons (Fsp3) is 0.435. The van der Waals surface area contributed by atoms with Crippen LogP contribution in [-0.2, 0) is 4.79 Å².